The van der Waals surface area contributed by atoms with Crippen molar-refractivity contribution in [2.75, 3.05) is 12.4 Å². The molecule has 3 aromatic rings. The van der Waals surface area contributed by atoms with Crippen LogP contribution in [0, 0.1) is 6.92 Å². The Kier molecular flexibility index (Phi) is 3.09. The molecule has 0 amide bonds. The van der Waals surface area contributed by atoms with E-state index in [4.69, 9.17) is 4.74 Å². The van der Waals surface area contributed by atoms with E-state index in [1.54, 1.807) is 18.4 Å². The molecule has 0 saturated carbocycles. The van der Waals surface area contributed by atoms with Crippen molar-refractivity contribution in [3.8, 4) is 5.75 Å². The molecule has 0 saturated heterocycles. The molecule has 3 nitrogen and oxygen atoms in total. The van der Waals surface area contributed by atoms with Crippen LogP contribution in [0.1, 0.15) is 5.56 Å². The number of hydrogen-bond acceptors (Lipinski definition) is 4. The topological polar surface area (TPSA) is 34.1 Å². The lowest BCUT2D eigenvalue weighted by Crippen LogP contribution is -1.96. The van der Waals surface area contributed by atoms with E-state index >= 15 is 0 Å². The number of fused-ring (bicyclic) bond motifs is 1. The van der Waals surface area contributed by atoms with Crippen molar-refractivity contribution in [2.45, 2.75) is 6.92 Å². The molecule has 0 atom stereocenters. The molecule has 1 aromatic carbocycles. The number of thiophene rings is 1. The molecule has 2 aromatic heterocycles. The Morgan fingerprint density at radius 2 is 2.05 bits per heavy atom. The minimum atomic E-state index is 0.831. The summed E-state index contributed by atoms with van der Waals surface area (Å²) in [6.07, 6.45) is 3.73. The van der Waals surface area contributed by atoms with E-state index in [0.717, 1.165) is 17.1 Å². The Balaban J connectivity index is 2.05. The quantitative estimate of drug-likeness (QED) is 0.768. The highest BCUT2D eigenvalue weighted by atomic mass is 32.1. The molecule has 0 fully saturated rings. The van der Waals surface area contributed by atoms with Gasteiger partial charge in [-0.3, -0.25) is 4.98 Å². The van der Waals surface area contributed by atoms with Crippen molar-refractivity contribution in [1.29, 1.82) is 0 Å². The third-order valence-corrected chi connectivity index (χ3v) is 3.86. The first-order valence-corrected chi connectivity index (χ1v) is 6.89. The molecule has 4 heteroatoms. The van der Waals surface area contributed by atoms with E-state index in [0.29, 0.717) is 0 Å². The summed E-state index contributed by atoms with van der Waals surface area (Å²) in [5.41, 5.74) is 3.15. The number of methoxy groups -OCH3 is 1. The maximum absolute atomic E-state index is 5.39. The van der Waals surface area contributed by atoms with Crippen LogP contribution in [0.2, 0.25) is 0 Å². The van der Waals surface area contributed by atoms with E-state index < -0.39 is 0 Å². The Morgan fingerprint density at radius 1 is 1.16 bits per heavy atom. The zero-order valence-corrected chi connectivity index (χ0v) is 11.6. The molecule has 0 radical (unpaired) electrons. The van der Waals surface area contributed by atoms with Gasteiger partial charge >= 0.3 is 0 Å². The van der Waals surface area contributed by atoms with E-state index in [-0.39, 0.29) is 0 Å². The zero-order chi connectivity index (χ0) is 13.2. The van der Waals surface area contributed by atoms with Gasteiger partial charge in [0.1, 0.15) is 5.75 Å². The second-order valence-electron chi connectivity index (χ2n) is 4.35. The summed E-state index contributed by atoms with van der Waals surface area (Å²) in [6.45, 7) is 2.06. The van der Waals surface area contributed by atoms with Crippen molar-refractivity contribution in [2.24, 2.45) is 0 Å². The number of nitrogens with one attached hydrogen (secondary N) is 1. The number of anilines is 2. The predicted molar refractivity (Wildman–Crippen MR) is 80.6 cm³/mol. The van der Waals surface area contributed by atoms with E-state index in [9.17, 15) is 0 Å². The van der Waals surface area contributed by atoms with Crippen LogP contribution in [0.15, 0.2) is 42.0 Å². The van der Waals surface area contributed by atoms with Gasteiger partial charge in [-0.1, -0.05) is 6.07 Å². The first-order chi connectivity index (χ1) is 9.28. The first-order valence-electron chi connectivity index (χ1n) is 6.01. The number of rotatable bonds is 3. The minimum absolute atomic E-state index is 0.831. The molecular weight excluding hydrogens is 256 g/mol. The molecular formula is C15H14N2OS. The third kappa shape index (κ3) is 2.27. The van der Waals surface area contributed by atoms with Crippen LogP contribution in [-0.2, 0) is 0 Å². The molecule has 0 aliphatic carbocycles. The number of ether oxygens (including phenoxy) is 1. The fourth-order valence-corrected chi connectivity index (χ4v) is 2.83. The highest BCUT2D eigenvalue weighted by Gasteiger charge is 2.07. The van der Waals surface area contributed by atoms with Crippen LogP contribution in [0.3, 0.4) is 0 Å². The Labute approximate surface area is 115 Å². The van der Waals surface area contributed by atoms with Crippen molar-refractivity contribution in [1.82, 2.24) is 4.98 Å². The first kappa shape index (κ1) is 12.0. The van der Waals surface area contributed by atoms with Gasteiger partial charge in [-0.15, -0.1) is 11.3 Å². The monoisotopic (exact) mass is 270 g/mol. The van der Waals surface area contributed by atoms with Gasteiger partial charge in [0.2, 0.25) is 0 Å². The number of aryl methyl sites for hydroxylation is 1. The summed E-state index contributed by atoms with van der Waals surface area (Å²) in [7, 11) is 1.68. The molecule has 1 N–H and O–H groups in total. The Morgan fingerprint density at radius 3 is 2.89 bits per heavy atom. The van der Waals surface area contributed by atoms with Crippen LogP contribution in [-0.4, -0.2) is 12.1 Å². The van der Waals surface area contributed by atoms with Crippen LogP contribution >= 0.6 is 11.3 Å². The van der Waals surface area contributed by atoms with Gasteiger partial charge in [0.05, 0.1) is 29.4 Å². The van der Waals surface area contributed by atoms with Crippen molar-refractivity contribution in [3.05, 3.63) is 47.6 Å². The molecule has 96 valence electrons. The molecule has 0 aliphatic heterocycles. The lowest BCUT2D eigenvalue weighted by Gasteiger charge is -2.12. The van der Waals surface area contributed by atoms with Gasteiger partial charge in [-0.25, -0.2) is 0 Å². The number of nitrogens with zero attached hydrogens (tertiary/aromatic N) is 1. The van der Waals surface area contributed by atoms with Gasteiger partial charge in [-0.2, -0.15) is 0 Å². The average molecular weight is 270 g/mol. The van der Waals surface area contributed by atoms with Crippen LogP contribution in [0.5, 0.6) is 5.75 Å². The fraction of sp³-hybridized carbons (Fsp3) is 0.133. The Bertz CT molecular complexity index is 721. The highest BCUT2D eigenvalue weighted by molar-refractivity contribution is 7.17. The molecule has 3 rings (SSSR count). The predicted octanol–water partition coefficient (Wildman–Crippen LogP) is 4.36. The van der Waals surface area contributed by atoms with Crippen molar-refractivity contribution < 1.29 is 4.74 Å². The molecule has 19 heavy (non-hydrogen) atoms. The molecule has 0 bridgehead atoms. The maximum Gasteiger partial charge on any atom is 0.142 e. The summed E-state index contributed by atoms with van der Waals surface area (Å²) in [5.74, 6) is 0.831. The third-order valence-electron chi connectivity index (χ3n) is 3.01. The normalized spacial score (nSPS) is 10.6. The molecule has 0 aliphatic rings. The van der Waals surface area contributed by atoms with Crippen LogP contribution in [0.4, 0.5) is 11.4 Å². The SMILES string of the molecule is COc1ccc(C)cc1Nc1cncc2sccc12. The van der Waals surface area contributed by atoms with Crippen LogP contribution < -0.4 is 10.1 Å². The summed E-state index contributed by atoms with van der Waals surface area (Å²) in [4.78, 5) is 4.27. The molecule has 2 heterocycles. The van der Waals surface area contributed by atoms with Crippen LogP contribution in [0.25, 0.3) is 10.1 Å². The number of benzene rings is 1. The van der Waals surface area contributed by atoms with Gasteiger partial charge in [0.25, 0.3) is 0 Å². The van der Waals surface area contributed by atoms with E-state index in [1.807, 2.05) is 24.5 Å². The minimum Gasteiger partial charge on any atom is -0.495 e. The average Bonchev–Trinajstić information content (AvgIpc) is 2.88. The van der Waals surface area contributed by atoms with Gasteiger partial charge < -0.3 is 10.1 Å². The number of aromatic nitrogens is 1. The standard InChI is InChI=1S/C15H14N2OS/c1-10-3-4-14(18-2)12(7-10)17-13-8-16-9-15-11(13)5-6-19-15/h3-9,17H,1-2H3. The zero-order valence-electron chi connectivity index (χ0n) is 10.8. The summed E-state index contributed by atoms with van der Waals surface area (Å²) < 4.78 is 6.56. The smallest absolute Gasteiger partial charge is 0.142 e. The summed E-state index contributed by atoms with van der Waals surface area (Å²) >= 11 is 1.69. The fourth-order valence-electron chi connectivity index (χ4n) is 2.06. The lowest BCUT2D eigenvalue weighted by atomic mass is 10.2. The van der Waals surface area contributed by atoms with Gasteiger partial charge in [0, 0.05) is 11.6 Å². The van der Waals surface area contributed by atoms with E-state index in [2.05, 4.69) is 34.7 Å². The highest BCUT2D eigenvalue weighted by Crippen LogP contribution is 2.33. The largest absolute Gasteiger partial charge is 0.495 e. The second-order valence-corrected chi connectivity index (χ2v) is 5.30. The summed E-state index contributed by atoms with van der Waals surface area (Å²) in [5, 5.41) is 6.67. The number of pyridine rings is 1. The van der Waals surface area contributed by atoms with Gasteiger partial charge in [-0.05, 0) is 36.1 Å². The van der Waals surface area contributed by atoms with Crippen molar-refractivity contribution in [3.63, 3.8) is 0 Å². The van der Waals surface area contributed by atoms with Crippen molar-refractivity contribution >= 4 is 32.8 Å². The van der Waals surface area contributed by atoms with Gasteiger partial charge in [0.15, 0.2) is 0 Å². The number of hydrogen-bond donors (Lipinski definition) is 1. The molecule has 0 unspecified atom stereocenters. The maximum atomic E-state index is 5.39. The van der Waals surface area contributed by atoms with E-state index in [1.165, 1.54) is 15.6 Å². The lowest BCUT2D eigenvalue weighted by molar-refractivity contribution is 0.416. The second kappa shape index (κ2) is 4.90. The molecule has 0 spiro atoms. The summed E-state index contributed by atoms with van der Waals surface area (Å²) in [6, 6.07) is 8.18. The Hall–Kier alpha value is -2.07.